The second-order valence-electron chi connectivity index (χ2n) is 6.28. The number of thioether (sulfide) groups is 1. The average molecular weight is 368 g/mol. The van der Waals surface area contributed by atoms with Gasteiger partial charge >= 0.3 is 0 Å². The third-order valence-corrected chi connectivity index (χ3v) is 5.32. The normalized spacial score (nSPS) is 10.6. The van der Waals surface area contributed by atoms with Gasteiger partial charge in [-0.2, -0.15) is 0 Å². The van der Waals surface area contributed by atoms with Crippen molar-refractivity contribution in [3.63, 3.8) is 0 Å². The molecule has 4 aromatic carbocycles. The minimum atomic E-state index is 1.15. The molecule has 0 aliphatic rings. The molecule has 0 spiro atoms. The maximum atomic E-state index is 2.28. The zero-order valence-electron chi connectivity index (χ0n) is 15.2. The van der Waals surface area contributed by atoms with E-state index < -0.39 is 0 Å². The van der Waals surface area contributed by atoms with Crippen LogP contribution in [0.3, 0.4) is 0 Å². The molecule has 27 heavy (non-hydrogen) atoms. The second-order valence-corrected chi connectivity index (χ2v) is 7.16. The van der Waals surface area contributed by atoms with Crippen molar-refractivity contribution in [1.82, 2.24) is 0 Å². The van der Waals surface area contributed by atoms with Crippen molar-refractivity contribution in [2.24, 2.45) is 0 Å². The molecule has 0 aromatic heterocycles. The number of para-hydroxylation sites is 2. The molecule has 0 aliphatic heterocycles. The zero-order chi connectivity index (χ0) is 18.5. The Morgan fingerprint density at radius 1 is 0.481 bits per heavy atom. The highest BCUT2D eigenvalue weighted by molar-refractivity contribution is 7.98. The first-order valence-corrected chi connectivity index (χ1v) is 10.2. The predicted octanol–water partition coefficient (Wildman–Crippen LogP) is 7.55. The lowest BCUT2D eigenvalue weighted by Crippen LogP contribution is -2.09. The summed E-state index contributed by atoms with van der Waals surface area (Å²) in [5.41, 5.74) is 5.93. The Labute approximate surface area is 165 Å². The maximum Gasteiger partial charge on any atom is 0.0462 e. The van der Waals surface area contributed by atoms with Crippen LogP contribution in [-0.2, 0) is 0 Å². The lowest BCUT2D eigenvalue weighted by atomic mass is 10.0. The van der Waals surface area contributed by atoms with E-state index in [1.165, 1.54) is 16.0 Å². The van der Waals surface area contributed by atoms with Crippen molar-refractivity contribution >= 4 is 28.8 Å². The van der Waals surface area contributed by atoms with Crippen molar-refractivity contribution in [2.75, 3.05) is 11.2 Å². The average Bonchev–Trinajstić information content (AvgIpc) is 2.76. The van der Waals surface area contributed by atoms with Crippen LogP contribution in [0.25, 0.3) is 11.1 Å². The van der Waals surface area contributed by atoms with Crippen LogP contribution in [0.4, 0.5) is 17.1 Å². The number of nitrogens with zero attached hydrogens (tertiary/aromatic N) is 1. The van der Waals surface area contributed by atoms with Gasteiger partial charge < -0.3 is 4.90 Å². The summed E-state index contributed by atoms with van der Waals surface area (Å²) >= 11 is 1.77. The molecule has 0 heterocycles. The van der Waals surface area contributed by atoms with Gasteiger partial charge in [0.1, 0.15) is 0 Å². The molecule has 4 rings (SSSR count). The van der Waals surface area contributed by atoms with Crippen molar-refractivity contribution in [2.45, 2.75) is 4.90 Å². The Kier molecular flexibility index (Phi) is 5.27. The highest BCUT2D eigenvalue weighted by Crippen LogP contribution is 2.35. The van der Waals surface area contributed by atoms with Gasteiger partial charge in [0.15, 0.2) is 0 Å². The molecule has 0 saturated heterocycles. The summed E-state index contributed by atoms with van der Waals surface area (Å²) in [7, 11) is 0. The fourth-order valence-electron chi connectivity index (χ4n) is 3.19. The van der Waals surface area contributed by atoms with Crippen LogP contribution in [0, 0.1) is 0 Å². The van der Waals surface area contributed by atoms with E-state index in [-0.39, 0.29) is 0 Å². The van der Waals surface area contributed by atoms with Crippen molar-refractivity contribution in [3.05, 3.63) is 109 Å². The van der Waals surface area contributed by atoms with Crippen molar-refractivity contribution in [1.29, 1.82) is 0 Å². The van der Waals surface area contributed by atoms with Crippen LogP contribution in [0.5, 0.6) is 0 Å². The van der Waals surface area contributed by atoms with E-state index in [2.05, 4.69) is 108 Å². The number of rotatable bonds is 5. The Balaban J connectivity index is 1.70. The number of benzene rings is 4. The van der Waals surface area contributed by atoms with Gasteiger partial charge in [-0.05, 0) is 65.9 Å². The van der Waals surface area contributed by atoms with Gasteiger partial charge in [-0.3, -0.25) is 0 Å². The van der Waals surface area contributed by atoms with E-state index >= 15 is 0 Å². The summed E-state index contributed by atoms with van der Waals surface area (Å²) in [5.74, 6) is 0. The fraction of sp³-hybridized carbons (Fsp3) is 0.0400. The van der Waals surface area contributed by atoms with E-state index in [1.807, 2.05) is 12.1 Å². The molecule has 0 aliphatic carbocycles. The fourth-order valence-corrected chi connectivity index (χ4v) is 3.60. The van der Waals surface area contributed by atoms with Crippen molar-refractivity contribution < 1.29 is 0 Å². The minimum Gasteiger partial charge on any atom is -0.311 e. The Morgan fingerprint density at radius 3 is 1.33 bits per heavy atom. The van der Waals surface area contributed by atoms with Gasteiger partial charge in [0.05, 0.1) is 0 Å². The maximum absolute atomic E-state index is 2.28. The van der Waals surface area contributed by atoms with E-state index in [0.717, 1.165) is 17.1 Å². The monoisotopic (exact) mass is 367 g/mol. The largest absolute Gasteiger partial charge is 0.311 e. The van der Waals surface area contributed by atoms with Gasteiger partial charge in [-0.15, -0.1) is 11.8 Å². The molecular formula is C25H21NS. The quantitative estimate of drug-likeness (QED) is 0.335. The summed E-state index contributed by atoms with van der Waals surface area (Å²) in [6.45, 7) is 0. The van der Waals surface area contributed by atoms with Crippen LogP contribution in [0.2, 0.25) is 0 Å². The highest BCUT2D eigenvalue weighted by Gasteiger charge is 2.11. The van der Waals surface area contributed by atoms with Crippen LogP contribution < -0.4 is 4.90 Å². The smallest absolute Gasteiger partial charge is 0.0462 e. The Bertz CT molecular complexity index is 938. The lowest BCUT2D eigenvalue weighted by molar-refractivity contribution is 1.28. The second kappa shape index (κ2) is 8.15. The van der Waals surface area contributed by atoms with Gasteiger partial charge in [0, 0.05) is 22.0 Å². The third kappa shape index (κ3) is 3.91. The Hall–Kier alpha value is -2.97. The summed E-state index contributed by atoms with van der Waals surface area (Å²) in [6, 6.07) is 38.5. The first-order chi connectivity index (χ1) is 13.3. The molecule has 0 atom stereocenters. The van der Waals surface area contributed by atoms with Crippen LogP contribution in [-0.4, -0.2) is 6.26 Å². The predicted molar refractivity (Wildman–Crippen MR) is 118 cm³/mol. The SMILES string of the molecule is CSc1ccc(-c2ccc(N(c3ccccc3)c3ccccc3)cc2)cc1. The van der Waals surface area contributed by atoms with Crippen LogP contribution in [0.1, 0.15) is 0 Å². The van der Waals surface area contributed by atoms with E-state index in [1.54, 1.807) is 11.8 Å². The van der Waals surface area contributed by atoms with Crippen LogP contribution in [0.15, 0.2) is 114 Å². The van der Waals surface area contributed by atoms with Crippen molar-refractivity contribution in [3.8, 4) is 11.1 Å². The van der Waals surface area contributed by atoms with E-state index in [9.17, 15) is 0 Å². The molecule has 0 N–H and O–H groups in total. The summed E-state index contributed by atoms with van der Waals surface area (Å²) in [4.78, 5) is 3.57. The van der Waals surface area contributed by atoms with Gasteiger partial charge in [-0.1, -0.05) is 60.7 Å². The first kappa shape index (κ1) is 17.4. The molecule has 0 unspecified atom stereocenters. The minimum absolute atomic E-state index is 1.15. The topological polar surface area (TPSA) is 3.24 Å². The number of anilines is 3. The molecule has 0 radical (unpaired) electrons. The van der Waals surface area contributed by atoms with Gasteiger partial charge in [0.25, 0.3) is 0 Å². The van der Waals surface area contributed by atoms with Gasteiger partial charge in [-0.25, -0.2) is 0 Å². The molecule has 0 saturated carbocycles. The highest BCUT2D eigenvalue weighted by atomic mass is 32.2. The number of hydrogen-bond acceptors (Lipinski definition) is 2. The summed E-state index contributed by atoms with van der Waals surface area (Å²) in [5, 5.41) is 0. The molecule has 1 nitrogen and oxygen atoms in total. The van der Waals surface area contributed by atoms with Crippen LogP contribution >= 0.6 is 11.8 Å². The third-order valence-electron chi connectivity index (χ3n) is 4.58. The zero-order valence-corrected chi connectivity index (χ0v) is 16.1. The van der Waals surface area contributed by atoms with Gasteiger partial charge in [0.2, 0.25) is 0 Å². The summed E-state index contributed by atoms with van der Waals surface area (Å²) < 4.78 is 0. The molecule has 0 amide bonds. The standard InChI is InChI=1S/C25H21NS/c1-27-25-18-14-21(15-19-25)20-12-16-24(17-13-20)26(22-8-4-2-5-9-22)23-10-6-3-7-11-23/h2-19H,1H3. The number of hydrogen-bond donors (Lipinski definition) is 0. The molecule has 0 bridgehead atoms. The molecule has 4 aromatic rings. The Morgan fingerprint density at radius 2 is 0.889 bits per heavy atom. The summed E-state index contributed by atoms with van der Waals surface area (Å²) in [6.07, 6.45) is 2.10. The van der Waals surface area contributed by atoms with E-state index in [0.29, 0.717) is 0 Å². The molecular weight excluding hydrogens is 346 g/mol. The molecule has 0 fully saturated rings. The first-order valence-electron chi connectivity index (χ1n) is 9.00. The molecule has 132 valence electrons. The van der Waals surface area contributed by atoms with E-state index in [4.69, 9.17) is 0 Å². The molecule has 2 heteroatoms. The lowest BCUT2D eigenvalue weighted by Gasteiger charge is -2.25.